The Hall–Kier alpha value is -3.87. The highest BCUT2D eigenvalue weighted by molar-refractivity contribution is 5.93. The lowest BCUT2D eigenvalue weighted by Gasteiger charge is -2.10. The largest absolute Gasteiger partial charge is 0.497 e. The van der Waals surface area contributed by atoms with E-state index in [0.29, 0.717) is 17.2 Å². The van der Waals surface area contributed by atoms with E-state index in [0.717, 1.165) is 16.9 Å². The number of hydrogen-bond donors (Lipinski definition) is 1. The fraction of sp³-hybridized carbons (Fsp3) is 0.208. The first-order valence-electron chi connectivity index (χ1n) is 9.79. The van der Waals surface area contributed by atoms with Crippen LogP contribution in [0.15, 0.2) is 65.8 Å². The van der Waals surface area contributed by atoms with Gasteiger partial charge in [0.25, 0.3) is 5.91 Å². The lowest BCUT2D eigenvalue weighted by Crippen LogP contribution is -2.19. The first-order chi connectivity index (χ1) is 15.0. The van der Waals surface area contributed by atoms with Gasteiger partial charge in [0.05, 0.1) is 32.2 Å². The number of rotatable bonds is 8. The Kier molecular flexibility index (Phi) is 7.22. The van der Waals surface area contributed by atoms with Crippen LogP contribution in [0.4, 0.5) is 0 Å². The van der Waals surface area contributed by atoms with Gasteiger partial charge in [-0.05, 0) is 62.4 Å². The maximum absolute atomic E-state index is 12.5. The molecule has 7 heteroatoms. The van der Waals surface area contributed by atoms with Gasteiger partial charge in [-0.3, -0.25) is 4.79 Å². The first-order valence-corrected chi connectivity index (χ1v) is 9.79. The van der Waals surface area contributed by atoms with Crippen LogP contribution in [-0.2, 0) is 0 Å². The lowest BCUT2D eigenvalue weighted by atomic mass is 10.1. The lowest BCUT2D eigenvalue weighted by molar-refractivity contribution is 0.0950. The number of aromatic nitrogens is 1. The summed E-state index contributed by atoms with van der Waals surface area (Å²) in [5.41, 5.74) is 5.06. The van der Waals surface area contributed by atoms with E-state index in [1.807, 2.05) is 44.2 Å². The van der Waals surface area contributed by atoms with Crippen LogP contribution in [0, 0.1) is 0 Å². The van der Waals surface area contributed by atoms with Gasteiger partial charge in [-0.25, -0.2) is 10.4 Å². The van der Waals surface area contributed by atoms with Crippen molar-refractivity contribution in [2.45, 2.75) is 20.0 Å². The molecule has 1 amide bonds. The first kappa shape index (κ1) is 21.8. The standard InChI is InChI=1S/C24H25N3O4/c1-16(2)31-19-10-8-18(9-11-19)22-6-5-7-23(26-22)24(28)27-25-15-17-12-20(29-3)14-21(13-17)30-4/h5-16H,1-4H3,(H,27,28). The van der Waals surface area contributed by atoms with E-state index in [2.05, 4.69) is 15.5 Å². The van der Waals surface area contributed by atoms with Crippen LogP contribution in [0.1, 0.15) is 29.9 Å². The average Bonchev–Trinajstić information content (AvgIpc) is 2.79. The van der Waals surface area contributed by atoms with Gasteiger partial charge < -0.3 is 14.2 Å². The summed E-state index contributed by atoms with van der Waals surface area (Å²) in [6.45, 7) is 3.95. The third-order valence-electron chi connectivity index (χ3n) is 4.26. The molecule has 1 aromatic heterocycles. The smallest absolute Gasteiger partial charge is 0.289 e. The predicted octanol–water partition coefficient (Wildman–Crippen LogP) is 4.32. The third kappa shape index (κ3) is 6.05. The van der Waals surface area contributed by atoms with Gasteiger partial charge in [-0.1, -0.05) is 6.07 Å². The normalized spacial score (nSPS) is 10.9. The maximum Gasteiger partial charge on any atom is 0.289 e. The Labute approximate surface area is 181 Å². The molecule has 0 aliphatic heterocycles. The Morgan fingerprint density at radius 3 is 2.26 bits per heavy atom. The summed E-state index contributed by atoms with van der Waals surface area (Å²) >= 11 is 0. The molecular weight excluding hydrogens is 394 g/mol. The zero-order valence-corrected chi connectivity index (χ0v) is 18.0. The topological polar surface area (TPSA) is 82.0 Å². The summed E-state index contributed by atoms with van der Waals surface area (Å²) in [6, 6.07) is 18.2. The van der Waals surface area contributed by atoms with Crippen LogP contribution >= 0.6 is 0 Å². The molecule has 2 aromatic carbocycles. The van der Waals surface area contributed by atoms with E-state index in [4.69, 9.17) is 14.2 Å². The van der Waals surface area contributed by atoms with Gasteiger partial charge >= 0.3 is 0 Å². The van der Waals surface area contributed by atoms with Crippen LogP contribution < -0.4 is 19.6 Å². The van der Waals surface area contributed by atoms with Crippen LogP contribution in [0.25, 0.3) is 11.3 Å². The summed E-state index contributed by atoms with van der Waals surface area (Å²) in [5, 5.41) is 4.02. The van der Waals surface area contributed by atoms with E-state index < -0.39 is 5.91 Å². The molecule has 0 radical (unpaired) electrons. The fourth-order valence-corrected chi connectivity index (χ4v) is 2.83. The van der Waals surface area contributed by atoms with E-state index in [-0.39, 0.29) is 11.8 Å². The molecule has 0 atom stereocenters. The third-order valence-corrected chi connectivity index (χ3v) is 4.26. The number of nitrogens with one attached hydrogen (secondary N) is 1. The van der Waals surface area contributed by atoms with Crippen LogP contribution in [0.3, 0.4) is 0 Å². The van der Waals surface area contributed by atoms with Crippen molar-refractivity contribution >= 4 is 12.1 Å². The molecule has 3 aromatic rings. The molecule has 0 saturated carbocycles. The molecule has 160 valence electrons. The highest BCUT2D eigenvalue weighted by Crippen LogP contribution is 2.22. The number of ether oxygens (including phenoxy) is 3. The second kappa shape index (κ2) is 10.2. The molecule has 7 nitrogen and oxygen atoms in total. The number of nitrogens with zero attached hydrogens (tertiary/aromatic N) is 2. The minimum atomic E-state index is -0.410. The monoisotopic (exact) mass is 419 g/mol. The number of amides is 1. The van der Waals surface area contributed by atoms with Crippen molar-refractivity contribution in [3.05, 3.63) is 71.9 Å². The van der Waals surface area contributed by atoms with E-state index in [1.165, 1.54) is 6.21 Å². The van der Waals surface area contributed by atoms with Gasteiger partial charge in [-0.2, -0.15) is 5.10 Å². The Bertz CT molecular complexity index is 1040. The van der Waals surface area contributed by atoms with Gasteiger partial charge in [-0.15, -0.1) is 0 Å². The number of carbonyl (C=O) groups is 1. The highest BCUT2D eigenvalue weighted by atomic mass is 16.5. The fourth-order valence-electron chi connectivity index (χ4n) is 2.83. The molecule has 0 saturated heterocycles. The number of benzene rings is 2. The van der Waals surface area contributed by atoms with Crippen molar-refractivity contribution in [3.63, 3.8) is 0 Å². The molecule has 3 rings (SSSR count). The second-order valence-electron chi connectivity index (χ2n) is 6.94. The Morgan fingerprint density at radius 2 is 1.65 bits per heavy atom. The Morgan fingerprint density at radius 1 is 0.968 bits per heavy atom. The minimum Gasteiger partial charge on any atom is -0.497 e. The van der Waals surface area contributed by atoms with Crippen molar-refractivity contribution in [3.8, 4) is 28.5 Å². The molecule has 0 unspecified atom stereocenters. The maximum atomic E-state index is 12.5. The molecule has 31 heavy (non-hydrogen) atoms. The molecule has 0 aliphatic carbocycles. The zero-order valence-electron chi connectivity index (χ0n) is 18.0. The molecule has 0 aliphatic rings. The zero-order chi connectivity index (χ0) is 22.2. The quantitative estimate of drug-likeness (QED) is 0.434. The number of hydrogen-bond acceptors (Lipinski definition) is 6. The molecule has 0 spiro atoms. The van der Waals surface area contributed by atoms with Gasteiger partial charge in [0.15, 0.2) is 0 Å². The highest BCUT2D eigenvalue weighted by Gasteiger charge is 2.09. The summed E-state index contributed by atoms with van der Waals surface area (Å²) < 4.78 is 16.1. The van der Waals surface area contributed by atoms with Gasteiger partial charge in [0, 0.05) is 17.2 Å². The molecule has 1 heterocycles. The van der Waals surface area contributed by atoms with Crippen molar-refractivity contribution < 1.29 is 19.0 Å². The van der Waals surface area contributed by atoms with Crippen LogP contribution in [-0.4, -0.2) is 37.4 Å². The summed E-state index contributed by atoms with van der Waals surface area (Å²) in [4.78, 5) is 16.9. The van der Waals surface area contributed by atoms with E-state index in [1.54, 1.807) is 44.6 Å². The van der Waals surface area contributed by atoms with E-state index in [9.17, 15) is 4.79 Å². The van der Waals surface area contributed by atoms with E-state index >= 15 is 0 Å². The number of hydrazone groups is 1. The van der Waals surface area contributed by atoms with Crippen molar-refractivity contribution in [1.29, 1.82) is 0 Å². The molecule has 0 bridgehead atoms. The summed E-state index contributed by atoms with van der Waals surface area (Å²) in [6.07, 6.45) is 1.62. The van der Waals surface area contributed by atoms with Crippen LogP contribution in [0.2, 0.25) is 0 Å². The van der Waals surface area contributed by atoms with Crippen molar-refractivity contribution in [2.75, 3.05) is 14.2 Å². The van der Waals surface area contributed by atoms with Gasteiger partial charge in [0.2, 0.25) is 0 Å². The SMILES string of the molecule is COc1cc(C=NNC(=O)c2cccc(-c3ccc(OC(C)C)cc3)n2)cc(OC)c1. The minimum absolute atomic E-state index is 0.106. The molecule has 0 fully saturated rings. The summed E-state index contributed by atoms with van der Waals surface area (Å²) in [7, 11) is 3.14. The number of pyridine rings is 1. The second-order valence-corrected chi connectivity index (χ2v) is 6.94. The number of methoxy groups -OCH3 is 2. The molecule has 1 N–H and O–H groups in total. The average molecular weight is 419 g/mol. The van der Waals surface area contributed by atoms with Gasteiger partial charge in [0.1, 0.15) is 22.9 Å². The van der Waals surface area contributed by atoms with Crippen LogP contribution in [0.5, 0.6) is 17.2 Å². The predicted molar refractivity (Wildman–Crippen MR) is 120 cm³/mol. The molecular formula is C24H25N3O4. The van der Waals surface area contributed by atoms with Crippen molar-refractivity contribution in [2.24, 2.45) is 5.10 Å². The summed E-state index contributed by atoms with van der Waals surface area (Å²) in [5.74, 6) is 1.64. The Balaban J connectivity index is 1.70. The number of carbonyl (C=O) groups excluding carboxylic acids is 1. The van der Waals surface area contributed by atoms with Crippen molar-refractivity contribution in [1.82, 2.24) is 10.4 Å².